The first-order valence-electron chi connectivity index (χ1n) is 8.17. The number of amides is 1. The van der Waals surface area contributed by atoms with Crippen LogP contribution in [-0.2, 0) is 11.2 Å². The molecule has 25 heavy (non-hydrogen) atoms. The van der Waals surface area contributed by atoms with Crippen molar-refractivity contribution < 1.29 is 13.6 Å². The van der Waals surface area contributed by atoms with E-state index in [9.17, 15) is 9.18 Å². The third kappa shape index (κ3) is 4.32. The second kappa shape index (κ2) is 7.75. The van der Waals surface area contributed by atoms with Gasteiger partial charge in [0.15, 0.2) is 0 Å². The molecule has 1 amide bonds. The van der Waals surface area contributed by atoms with Crippen molar-refractivity contribution in [2.24, 2.45) is 0 Å². The van der Waals surface area contributed by atoms with Crippen molar-refractivity contribution in [3.63, 3.8) is 0 Å². The van der Waals surface area contributed by atoms with Crippen LogP contribution in [0.5, 0.6) is 0 Å². The van der Waals surface area contributed by atoms with Gasteiger partial charge in [-0.15, -0.1) is 0 Å². The first kappa shape index (κ1) is 16.9. The lowest BCUT2D eigenvalue weighted by molar-refractivity contribution is -0.121. The average Bonchev–Trinajstić information content (AvgIpc) is 3.10. The molecule has 128 valence electrons. The van der Waals surface area contributed by atoms with E-state index in [4.69, 9.17) is 4.42 Å². The molecule has 4 nitrogen and oxygen atoms in total. The zero-order valence-electron chi connectivity index (χ0n) is 13.9. The summed E-state index contributed by atoms with van der Waals surface area (Å²) in [5, 5.41) is 2.91. The highest BCUT2D eigenvalue weighted by Crippen LogP contribution is 2.25. The molecule has 2 heterocycles. The van der Waals surface area contributed by atoms with Crippen LogP contribution in [0.3, 0.4) is 0 Å². The number of nitrogens with one attached hydrogen (secondary N) is 1. The van der Waals surface area contributed by atoms with Gasteiger partial charge in [0.2, 0.25) is 5.91 Å². The summed E-state index contributed by atoms with van der Waals surface area (Å²) in [5.41, 5.74) is 1.23. The minimum Gasteiger partial charge on any atom is -0.461 e. The van der Waals surface area contributed by atoms with Gasteiger partial charge in [0.05, 0.1) is 17.3 Å². The Morgan fingerprint density at radius 1 is 1.16 bits per heavy atom. The van der Waals surface area contributed by atoms with E-state index in [1.54, 1.807) is 36.5 Å². The molecule has 5 heteroatoms. The minimum absolute atomic E-state index is 0.0815. The standard InChI is InChI=1S/C20H19FN2O2/c1-14(18-8-4-5-13-22-18)23-20(24)12-10-15-9-11-19(25-15)16-6-2-3-7-17(16)21/h2-9,11,13-14H,10,12H2,1H3,(H,23,24). The van der Waals surface area contributed by atoms with Gasteiger partial charge in [-0.1, -0.05) is 18.2 Å². The Balaban J connectivity index is 1.55. The third-order valence-electron chi connectivity index (χ3n) is 3.91. The first-order valence-corrected chi connectivity index (χ1v) is 8.17. The predicted molar refractivity (Wildman–Crippen MR) is 93.2 cm³/mol. The Morgan fingerprint density at radius 3 is 2.72 bits per heavy atom. The highest BCUT2D eigenvalue weighted by molar-refractivity contribution is 5.76. The number of hydrogen-bond donors (Lipinski definition) is 1. The average molecular weight is 338 g/mol. The van der Waals surface area contributed by atoms with Gasteiger partial charge in [0.1, 0.15) is 17.3 Å². The molecule has 0 saturated carbocycles. The zero-order chi connectivity index (χ0) is 17.6. The van der Waals surface area contributed by atoms with Crippen LogP contribution in [0, 0.1) is 5.82 Å². The van der Waals surface area contributed by atoms with Crippen molar-refractivity contribution in [1.29, 1.82) is 0 Å². The molecule has 0 spiro atoms. The van der Waals surface area contributed by atoms with Gasteiger partial charge in [-0.3, -0.25) is 9.78 Å². The maximum atomic E-state index is 13.8. The van der Waals surface area contributed by atoms with E-state index in [2.05, 4.69) is 10.3 Å². The molecule has 3 rings (SSSR count). The fourth-order valence-corrected chi connectivity index (χ4v) is 2.57. The summed E-state index contributed by atoms with van der Waals surface area (Å²) in [6.45, 7) is 1.89. The number of aryl methyl sites for hydroxylation is 1. The van der Waals surface area contributed by atoms with E-state index in [1.165, 1.54) is 6.07 Å². The molecule has 1 unspecified atom stereocenters. The molecule has 2 aromatic heterocycles. The number of benzene rings is 1. The van der Waals surface area contributed by atoms with Crippen molar-refractivity contribution in [3.05, 3.63) is 78.1 Å². The summed E-state index contributed by atoms with van der Waals surface area (Å²) in [7, 11) is 0. The molecule has 1 atom stereocenters. The Hall–Kier alpha value is -2.95. The number of pyridine rings is 1. The smallest absolute Gasteiger partial charge is 0.220 e. The fraction of sp³-hybridized carbons (Fsp3) is 0.200. The molecule has 0 aliphatic rings. The van der Waals surface area contributed by atoms with E-state index < -0.39 is 0 Å². The van der Waals surface area contributed by atoms with Crippen LogP contribution in [0.2, 0.25) is 0 Å². The Kier molecular flexibility index (Phi) is 5.23. The maximum absolute atomic E-state index is 13.8. The van der Waals surface area contributed by atoms with Crippen LogP contribution in [0.25, 0.3) is 11.3 Å². The van der Waals surface area contributed by atoms with Crippen molar-refractivity contribution in [2.75, 3.05) is 0 Å². The summed E-state index contributed by atoms with van der Waals surface area (Å²) in [6, 6.07) is 15.4. The van der Waals surface area contributed by atoms with Crippen LogP contribution in [0.1, 0.15) is 30.8 Å². The Labute approximate surface area is 145 Å². The lowest BCUT2D eigenvalue weighted by Crippen LogP contribution is -2.27. The number of carbonyl (C=O) groups excluding carboxylic acids is 1. The van der Waals surface area contributed by atoms with Crippen LogP contribution >= 0.6 is 0 Å². The monoisotopic (exact) mass is 338 g/mol. The van der Waals surface area contributed by atoms with Gasteiger partial charge in [-0.2, -0.15) is 0 Å². The van der Waals surface area contributed by atoms with Crippen molar-refractivity contribution in [3.8, 4) is 11.3 Å². The van der Waals surface area contributed by atoms with E-state index in [0.29, 0.717) is 29.9 Å². The molecule has 0 aliphatic heterocycles. The Morgan fingerprint density at radius 2 is 1.96 bits per heavy atom. The van der Waals surface area contributed by atoms with Crippen molar-refractivity contribution >= 4 is 5.91 Å². The highest BCUT2D eigenvalue weighted by Gasteiger charge is 2.13. The molecular formula is C20H19FN2O2. The zero-order valence-corrected chi connectivity index (χ0v) is 13.9. The van der Waals surface area contributed by atoms with Crippen LogP contribution < -0.4 is 5.32 Å². The van der Waals surface area contributed by atoms with Gasteiger partial charge in [0, 0.05) is 19.0 Å². The SMILES string of the molecule is CC(NC(=O)CCc1ccc(-c2ccccc2F)o1)c1ccccn1. The molecule has 0 fully saturated rings. The quantitative estimate of drug-likeness (QED) is 0.729. The van der Waals surface area contributed by atoms with Crippen molar-refractivity contribution in [2.45, 2.75) is 25.8 Å². The van der Waals surface area contributed by atoms with Gasteiger partial charge in [-0.25, -0.2) is 4.39 Å². The van der Waals surface area contributed by atoms with Crippen LogP contribution in [0.4, 0.5) is 4.39 Å². The highest BCUT2D eigenvalue weighted by atomic mass is 19.1. The van der Waals surface area contributed by atoms with E-state index in [0.717, 1.165) is 5.69 Å². The normalized spacial score (nSPS) is 11.9. The summed E-state index contributed by atoms with van der Waals surface area (Å²) in [5.74, 6) is 0.710. The molecule has 0 radical (unpaired) electrons. The lowest BCUT2D eigenvalue weighted by Gasteiger charge is -2.12. The topological polar surface area (TPSA) is 55.1 Å². The molecule has 0 aliphatic carbocycles. The Bertz CT molecular complexity index is 846. The maximum Gasteiger partial charge on any atom is 0.220 e. The third-order valence-corrected chi connectivity index (χ3v) is 3.91. The number of halogens is 1. The molecule has 1 N–H and O–H groups in total. The number of carbonyl (C=O) groups is 1. The van der Waals surface area contributed by atoms with Gasteiger partial charge >= 0.3 is 0 Å². The summed E-state index contributed by atoms with van der Waals surface area (Å²) in [4.78, 5) is 16.3. The second-order valence-electron chi connectivity index (χ2n) is 5.79. The van der Waals surface area contributed by atoms with Crippen LogP contribution in [-0.4, -0.2) is 10.9 Å². The summed E-state index contributed by atoms with van der Waals surface area (Å²) in [6.07, 6.45) is 2.45. The van der Waals surface area contributed by atoms with E-state index in [1.807, 2.05) is 25.1 Å². The molecular weight excluding hydrogens is 319 g/mol. The minimum atomic E-state index is -0.328. The second-order valence-corrected chi connectivity index (χ2v) is 5.79. The number of nitrogens with zero attached hydrogens (tertiary/aromatic N) is 1. The van der Waals surface area contributed by atoms with Crippen molar-refractivity contribution in [1.82, 2.24) is 10.3 Å². The molecule has 3 aromatic rings. The van der Waals surface area contributed by atoms with Gasteiger partial charge in [0.25, 0.3) is 0 Å². The van der Waals surface area contributed by atoms with Crippen LogP contribution in [0.15, 0.2) is 65.2 Å². The molecule has 0 saturated heterocycles. The number of hydrogen-bond acceptors (Lipinski definition) is 3. The van der Waals surface area contributed by atoms with Gasteiger partial charge < -0.3 is 9.73 Å². The van der Waals surface area contributed by atoms with E-state index in [-0.39, 0.29) is 17.8 Å². The summed E-state index contributed by atoms with van der Waals surface area (Å²) < 4.78 is 19.4. The van der Waals surface area contributed by atoms with Gasteiger partial charge in [-0.05, 0) is 43.3 Å². The molecule has 0 bridgehead atoms. The summed E-state index contributed by atoms with van der Waals surface area (Å²) >= 11 is 0. The van der Waals surface area contributed by atoms with E-state index >= 15 is 0 Å². The predicted octanol–water partition coefficient (Wildman–Crippen LogP) is 4.29. The number of furan rings is 1. The molecule has 1 aromatic carbocycles. The lowest BCUT2D eigenvalue weighted by atomic mass is 10.1. The fourth-order valence-electron chi connectivity index (χ4n) is 2.57. The largest absolute Gasteiger partial charge is 0.461 e. The first-order chi connectivity index (χ1) is 12.1. The number of aromatic nitrogens is 1. The number of rotatable bonds is 6.